The van der Waals surface area contributed by atoms with Gasteiger partial charge in [0, 0.05) is 16.4 Å². The molecule has 2 rings (SSSR count). The molecule has 0 atom stereocenters. The van der Waals surface area contributed by atoms with E-state index in [1.807, 2.05) is 60.7 Å². The Morgan fingerprint density at radius 3 is 1.47 bits per heavy atom. The van der Waals surface area contributed by atoms with Gasteiger partial charge in [0.25, 0.3) is 0 Å². The molecule has 0 aromatic heterocycles. The highest BCUT2D eigenvalue weighted by atomic mass is 31.2. The first-order chi connectivity index (χ1) is 8.92. The molecule has 1 nitrogen and oxygen atoms in total. The normalized spacial score (nSPS) is 12.4. The van der Waals surface area contributed by atoms with Crippen molar-refractivity contribution >= 4 is 25.8 Å². The van der Waals surface area contributed by atoms with Crippen LogP contribution in [0, 0.1) is 0 Å². The summed E-state index contributed by atoms with van der Waals surface area (Å²) in [6.07, 6.45) is 0. The number of benzene rings is 2. The van der Waals surface area contributed by atoms with Gasteiger partial charge in [0.05, 0.1) is 8.07 Å². The summed E-state index contributed by atoms with van der Waals surface area (Å²) in [5, 5.41) is 1.98. The van der Waals surface area contributed by atoms with Gasteiger partial charge in [0.1, 0.15) is 7.14 Å². The van der Waals surface area contributed by atoms with Crippen LogP contribution in [0.5, 0.6) is 0 Å². The van der Waals surface area contributed by atoms with Gasteiger partial charge < -0.3 is 4.57 Å². The van der Waals surface area contributed by atoms with Crippen LogP contribution in [0.1, 0.15) is 0 Å². The lowest BCUT2D eigenvalue weighted by molar-refractivity contribution is 0.589. The van der Waals surface area contributed by atoms with Crippen LogP contribution in [0.2, 0.25) is 19.6 Å². The van der Waals surface area contributed by atoms with Gasteiger partial charge in [-0.05, 0) is 0 Å². The van der Waals surface area contributed by atoms with Crippen molar-refractivity contribution in [1.82, 2.24) is 0 Å². The zero-order valence-corrected chi connectivity index (χ0v) is 13.7. The maximum atomic E-state index is 13.7. The Hall–Kier alpha value is -1.11. The zero-order valence-electron chi connectivity index (χ0n) is 11.8. The van der Waals surface area contributed by atoms with Crippen molar-refractivity contribution in [1.29, 1.82) is 0 Å². The Labute approximate surface area is 117 Å². The standard InChI is InChI=1S/C16H21OPSi/c1-19(2,3)14-18(17,15-10-6-4-7-11-15)16-12-8-5-9-13-16/h4-13H,14H2,1-3H3. The van der Waals surface area contributed by atoms with E-state index in [9.17, 15) is 4.57 Å². The van der Waals surface area contributed by atoms with Gasteiger partial charge in [0.2, 0.25) is 0 Å². The highest BCUT2D eigenvalue weighted by Crippen LogP contribution is 2.45. The first-order valence-corrected chi connectivity index (χ1v) is 12.2. The van der Waals surface area contributed by atoms with E-state index in [4.69, 9.17) is 0 Å². The monoisotopic (exact) mass is 288 g/mol. The van der Waals surface area contributed by atoms with E-state index in [1.54, 1.807) is 0 Å². The van der Waals surface area contributed by atoms with Crippen molar-refractivity contribution in [2.24, 2.45) is 0 Å². The van der Waals surface area contributed by atoms with Gasteiger partial charge in [-0.15, -0.1) is 0 Å². The molecule has 3 heteroatoms. The third-order valence-electron chi connectivity index (χ3n) is 3.04. The Kier molecular flexibility index (Phi) is 4.12. The van der Waals surface area contributed by atoms with Crippen LogP contribution in [0.15, 0.2) is 60.7 Å². The number of hydrogen-bond acceptors (Lipinski definition) is 1. The van der Waals surface area contributed by atoms with E-state index < -0.39 is 15.2 Å². The van der Waals surface area contributed by atoms with Gasteiger partial charge in [0.15, 0.2) is 0 Å². The third-order valence-corrected chi connectivity index (χ3v) is 10.9. The summed E-state index contributed by atoms with van der Waals surface area (Å²) in [7, 11) is -3.91. The highest BCUT2D eigenvalue weighted by Gasteiger charge is 2.32. The average molecular weight is 288 g/mol. The number of rotatable bonds is 4. The molecule has 0 heterocycles. The molecular formula is C16H21OPSi. The quantitative estimate of drug-likeness (QED) is 0.616. The van der Waals surface area contributed by atoms with Crippen LogP contribution in [-0.2, 0) is 4.57 Å². The van der Waals surface area contributed by atoms with Gasteiger partial charge in [-0.2, -0.15) is 0 Å². The summed E-state index contributed by atoms with van der Waals surface area (Å²) < 4.78 is 13.7. The lowest BCUT2D eigenvalue weighted by atomic mass is 10.4. The minimum atomic E-state index is -2.48. The zero-order chi connectivity index (χ0) is 13.9. The highest BCUT2D eigenvalue weighted by molar-refractivity contribution is 7.80. The first-order valence-electron chi connectivity index (χ1n) is 6.62. The molecule has 0 amide bonds. The van der Waals surface area contributed by atoms with Crippen LogP contribution in [0.25, 0.3) is 0 Å². The van der Waals surface area contributed by atoms with Gasteiger partial charge >= 0.3 is 0 Å². The Morgan fingerprint density at radius 2 is 1.16 bits per heavy atom. The van der Waals surface area contributed by atoms with Gasteiger partial charge in [-0.1, -0.05) is 80.3 Å². The molecule has 0 bridgehead atoms. The van der Waals surface area contributed by atoms with E-state index in [1.165, 1.54) is 0 Å². The van der Waals surface area contributed by atoms with Crippen LogP contribution in [0.4, 0.5) is 0 Å². The minimum absolute atomic E-state index is 0.827. The third kappa shape index (κ3) is 3.46. The second-order valence-corrected chi connectivity index (χ2v) is 15.0. The van der Waals surface area contributed by atoms with Crippen molar-refractivity contribution in [3.05, 3.63) is 60.7 Å². The van der Waals surface area contributed by atoms with E-state index in [0.717, 1.165) is 16.4 Å². The Bertz CT molecular complexity index is 529. The first kappa shape index (κ1) is 14.3. The molecule has 2 aromatic rings. The molecule has 0 unspecified atom stereocenters. The minimum Gasteiger partial charge on any atom is -0.314 e. The summed E-state index contributed by atoms with van der Waals surface area (Å²) in [5.74, 6) is 0.827. The summed E-state index contributed by atoms with van der Waals surface area (Å²) in [4.78, 5) is 0. The Balaban J connectivity index is 2.55. The van der Waals surface area contributed by atoms with E-state index in [-0.39, 0.29) is 0 Å². The summed E-state index contributed by atoms with van der Waals surface area (Å²) in [6, 6.07) is 19.9. The lowest BCUT2D eigenvalue weighted by Crippen LogP contribution is -2.32. The number of hydrogen-bond donors (Lipinski definition) is 0. The molecule has 2 aromatic carbocycles. The van der Waals surface area contributed by atoms with Crippen molar-refractivity contribution < 1.29 is 4.57 Å². The van der Waals surface area contributed by atoms with Crippen molar-refractivity contribution in [3.63, 3.8) is 0 Å². The van der Waals surface area contributed by atoms with Crippen molar-refractivity contribution in [3.8, 4) is 0 Å². The molecule has 19 heavy (non-hydrogen) atoms. The van der Waals surface area contributed by atoms with E-state index >= 15 is 0 Å². The lowest BCUT2D eigenvalue weighted by Gasteiger charge is -2.26. The Morgan fingerprint density at radius 1 is 0.789 bits per heavy atom. The fraction of sp³-hybridized carbons (Fsp3) is 0.250. The van der Waals surface area contributed by atoms with Crippen molar-refractivity contribution in [2.75, 3.05) is 5.79 Å². The molecule has 0 fully saturated rings. The van der Waals surface area contributed by atoms with Crippen LogP contribution in [-0.4, -0.2) is 13.9 Å². The van der Waals surface area contributed by atoms with Crippen molar-refractivity contribution in [2.45, 2.75) is 19.6 Å². The second-order valence-electron chi connectivity index (χ2n) is 6.13. The van der Waals surface area contributed by atoms with Gasteiger partial charge in [-0.25, -0.2) is 0 Å². The summed E-state index contributed by atoms with van der Waals surface area (Å²) >= 11 is 0. The predicted molar refractivity (Wildman–Crippen MR) is 88.0 cm³/mol. The van der Waals surface area contributed by atoms with Crippen LogP contribution in [0.3, 0.4) is 0 Å². The summed E-state index contributed by atoms with van der Waals surface area (Å²) in [6.45, 7) is 6.85. The van der Waals surface area contributed by atoms with Crippen LogP contribution >= 0.6 is 7.14 Å². The molecule has 0 N–H and O–H groups in total. The molecule has 0 aliphatic rings. The molecule has 0 aliphatic heterocycles. The predicted octanol–water partition coefficient (Wildman–Crippen LogP) is 3.88. The molecule has 0 spiro atoms. The second kappa shape index (κ2) is 5.48. The molecular weight excluding hydrogens is 267 g/mol. The largest absolute Gasteiger partial charge is 0.314 e. The maximum Gasteiger partial charge on any atom is 0.140 e. The molecule has 0 radical (unpaired) electrons. The molecule has 0 saturated carbocycles. The van der Waals surface area contributed by atoms with Crippen LogP contribution < -0.4 is 10.6 Å². The van der Waals surface area contributed by atoms with Gasteiger partial charge in [-0.3, -0.25) is 0 Å². The fourth-order valence-electron chi connectivity index (χ4n) is 2.34. The molecule has 0 saturated heterocycles. The topological polar surface area (TPSA) is 17.1 Å². The SMILES string of the molecule is C[Si](C)(C)CP(=O)(c1ccccc1)c1ccccc1. The smallest absolute Gasteiger partial charge is 0.140 e. The van der Waals surface area contributed by atoms with E-state index in [0.29, 0.717) is 0 Å². The average Bonchev–Trinajstić information content (AvgIpc) is 2.39. The maximum absolute atomic E-state index is 13.7. The summed E-state index contributed by atoms with van der Waals surface area (Å²) in [5.41, 5.74) is 0. The van der Waals surface area contributed by atoms with E-state index in [2.05, 4.69) is 19.6 Å². The fourth-order valence-corrected chi connectivity index (χ4v) is 10.7. The molecule has 100 valence electrons. The molecule has 0 aliphatic carbocycles.